The highest BCUT2D eigenvalue weighted by atomic mass is 16.8. The molecule has 0 bridgehead atoms. The van der Waals surface area contributed by atoms with Gasteiger partial charge in [-0.3, -0.25) is 0 Å². The van der Waals surface area contributed by atoms with E-state index in [1.807, 2.05) is 60.7 Å². The van der Waals surface area contributed by atoms with Gasteiger partial charge in [-0.1, -0.05) is 71.0 Å². The molecule has 0 amide bonds. The second-order valence-electron chi connectivity index (χ2n) is 3.37. The molecule has 3 heteroatoms. The molecule has 0 aliphatic carbocycles. The van der Waals surface area contributed by atoms with Crippen molar-refractivity contribution in [3.05, 3.63) is 71.8 Å². The first-order valence-corrected chi connectivity index (χ1v) is 5.28. The second-order valence-corrected chi connectivity index (χ2v) is 3.37. The summed E-state index contributed by atoms with van der Waals surface area (Å²) in [5, 5.41) is 7.47. The average molecular weight is 224 g/mol. The van der Waals surface area contributed by atoms with E-state index < -0.39 is 0 Å². The lowest BCUT2D eigenvalue weighted by Gasteiger charge is -1.90. The van der Waals surface area contributed by atoms with Crippen LogP contribution in [0.4, 0.5) is 0 Å². The summed E-state index contributed by atoms with van der Waals surface area (Å²) in [5.74, 6) is 0. The third-order valence-corrected chi connectivity index (χ3v) is 2.10. The molecule has 0 N–H and O–H groups in total. The van der Waals surface area contributed by atoms with Crippen molar-refractivity contribution in [3.8, 4) is 0 Å². The fraction of sp³-hybridized carbons (Fsp3) is 0. The van der Waals surface area contributed by atoms with Gasteiger partial charge in [0.05, 0.1) is 12.4 Å². The van der Waals surface area contributed by atoms with Crippen molar-refractivity contribution in [3.63, 3.8) is 0 Å². The number of benzene rings is 2. The van der Waals surface area contributed by atoms with Gasteiger partial charge in [-0.15, -0.1) is 0 Å². The first-order chi connectivity index (χ1) is 8.45. The maximum Gasteiger partial charge on any atom is 0.0768 e. The summed E-state index contributed by atoms with van der Waals surface area (Å²) >= 11 is 0. The van der Waals surface area contributed by atoms with Crippen molar-refractivity contribution in [2.24, 2.45) is 10.3 Å². The van der Waals surface area contributed by atoms with Gasteiger partial charge in [-0.25, -0.2) is 4.94 Å². The predicted octanol–water partition coefficient (Wildman–Crippen LogP) is 3.07. The van der Waals surface area contributed by atoms with Crippen LogP contribution >= 0.6 is 0 Å². The van der Waals surface area contributed by atoms with Gasteiger partial charge in [0.2, 0.25) is 0 Å². The molecule has 0 spiro atoms. The first-order valence-electron chi connectivity index (χ1n) is 5.28. The zero-order valence-corrected chi connectivity index (χ0v) is 9.23. The third kappa shape index (κ3) is 3.91. The van der Waals surface area contributed by atoms with Gasteiger partial charge in [-0.2, -0.15) is 0 Å². The Morgan fingerprint density at radius 3 is 1.47 bits per heavy atom. The molecule has 0 aliphatic rings. The van der Waals surface area contributed by atoms with Crippen LogP contribution in [0.5, 0.6) is 0 Å². The second kappa shape index (κ2) is 6.23. The molecule has 0 aromatic heterocycles. The average Bonchev–Trinajstić information content (AvgIpc) is 2.41. The van der Waals surface area contributed by atoms with E-state index in [1.54, 1.807) is 12.4 Å². The molecule has 0 fully saturated rings. The van der Waals surface area contributed by atoms with Gasteiger partial charge in [-0.05, 0) is 11.1 Å². The minimum atomic E-state index is 0.974. The van der Waals surface area contributed by atoms with Crippen LogP contribution in [-0.2, 0) is 4.94 Å². The lowest BCUT2D eigenvalue weighted by Crippen LogP contribution is -1.82. The maximum atomic E-state index is 4.78. The van der Waals surface area contributed by atoms with Crippen LogP contribution in [0.2, 0.25) is 0 Å². The number of hydrogen-bond acceptors (Lipinski definition) is 3. The van der Waals surface area contributed by atoms with E-state index >= 15 is 0 Å². The lowest BCUT2D eigenvalue weighted by atomic mass is 10.2. The standard InChI is InChI=1S/C14H12N2O/c1-3-7-13(8-4-1)11-15-17-16-12-14-9-5-2-6-10-14/h1-12H/b15-11+,16-12+. The smallest absolute Gasteiger partial charge is 0.0768 e. The Morgan fingerprint density at radius 1 is 0.647 bits per heavy atom. The molecule has 0 atom stereocenters. The Hall–Kier alpha value is -2.42. The van der Waals surface area contributed by atoms with Gasteiger partial charge in [0, 0.05) is 0 Å². The van der Waals surface area contributed by atoms with Crippen molar-refractivity contribution in [2.45, 2.75) is 0 Å². The first kappa shape index (κ1) is 11.1. The summed E-state index contributed by atoms with van der Waals surface area (Å²) in [4.78, 5) is 4.78. The molecule has 84 valence electrons. The molecule has 0 saturated heterocycles. The van der Waals surface area contributed by atoms with Gasteiger partial charge >= 0.3 is 0 Å². The summed E-state index contributed by atoms with van der Waals surface area (Å²) in [6, 6.07) is 19.4. The zero-order chi connectivity index (χ0) is 11.8. The summed E-state index contributed by atoms with van der Waals surface area (Å²) in [5.41, 5.74) is 1.95. The lowest BCUT2D eigenvalue weighted by molar-refractivity contribution is 0.159. The SMILES string of the molecule is C(=N\O/N=C/c1ccccc1)/c1ccccc1. The minimum Gasteiger partial charge on any atom is -0.245 e. The quantitative estimate of drug-likeness (QED) is 0.580. The summed E-state index contributed by atoms with van der Waals surface area (Å²) in [7, 11) is 0. The Labute approximate surface area is 100 Å². The monoisotopic (exact) mass is 224 g/mol. The summed E-state index contributed by atoms with van der Waals surface area (Å²) < 4.78 is 0. The summed E-state index contributed by atoms with van der Waals surface area (Å²) in [6.07, 6.45) is 3.23. The topological polar surface area (TPSA) is 34.0 Å². The van der Waals surface area contributed by atoms with E-state index in [2.05, 4.69) is 10.3 Å². The number of hydrogen-bond donors (Lipinski definition) is 0. The molecule has 3 nitrogen and oxygen atoms in total. The largest absolute Gasteiger partial charge is 0.245 e. The van der Waals surface area contributed by atoms with E-state index in [-0.39, 0.29) is 0 Å². The molecule has 0 saturated carbocycles. The number of oxime groups is 2. The van der Waals surface area contributed by atoms with Crippen LogP contribution < -0.4 is 0 Å². The molecule has 0 unspecified atom stereocenters. The van der Waals surface area contributed by atoms with Gasteiger partial charge in [0.15, 0.2) is 0 Å². The molecule has 2 aromatic rings. The Morgan fingerprint density at radius 2 is 1.06 bits per heavy atom. The van der Waals surface area contributed by atoms with Crippen LogP contribution in [0.1, 0.15) is 11.1 Å². The van der Waals surface area contributed by atoms with E-state index in [4.69, 9.17) is 4.94 Å². The molecule has 0 radical (unpaired) electrons. The fourth-order valence-electron chi connectivity index (χ4n) is 1.27. The summed E-state index contributed by atoms with van der Waals surface area (Å²) in [6.45, 7) is 0. The van der Waals surface area contributed by atoms with Crippen LogP contribution in [0.3, 0.4) is 0 Å². The van der Waals surface area contributed by atoms with Crippen molar-refractivity contribution < 1.29 is 4.94 Å². The Bertz CT molecular complexity index is 445. The molecular formula is C14H12N2O. The van der Waals surface area contributed by atoms with Gasteiger partial charge in [0.25, 0.3) is 0 Å². The van der Waals surface area contributed by atoms with Crippen LogP contribution in [0.25, 0.3) is 0 Å². The number of rotatable bonds is 4. The van der Waals surface area contributed by atoms with Crippen LogP contribution in [0, 0.1) is 0 Å². The third-order valence-electron chi connectivity index (χ3n) is 2.10. The van der Waals surface area contributed by atoms with Gasteiger partial charge < -0.3 is 0 Å². The molecule has 0 aliphatic heterocycles. The molecular weight excluding hydrogens is 212 g/mol. The maximum absolute atomic E-state index is 4.78. The Kier molecular flexibility index (Phi) is 4.06. The molecule has 2 rings (SSSR count). The van der Waals surface area contributed by atoms with Crippen LogP contribution in [-0.4, -0.2) is 12.4 Å². The van der Waals surface area contributed by atoms with E-state index in [9.17, 15) is 0 Å². The normalized spacial score (nSPS) is 11.1. The van der Waals surface area contributed by atoms with Gasteiger partial charge in [0.1, 0.15) is 0 Å². The van der Waals surface area contributed by atoms with Crippen molar-refractivity contribution >= 4 is 12.4 Å². The van der Waals surface area contributed by atoms with E-state index in [1.165, 1.54) is 0 Å². The van der Waals surface area contributed by atoms with E-state index in [0.717, 1.165) is 11.1 Å². The molecule has 17 heavy (non-hydrogen) atoms. The Balaban J connectivity index is 1.84. The molecule has 0 heterocycles. The highest BCUT2D eigenvalue weighted by molar-refractivity contribution is 5.79. The van der Waals surface area contributed by atoms with Crippen molar-refractivity contribution in [1.29, 1.82) is 0 Å². The zero-order valence-electron chi connectivity index (χ0n) is 9.23. The van der Waals surface area contributed by atoms with Crippen LogP contribution in [0.15, 0.2) is 71.0 Å². The molecule has 2 aromatic carbocycles. The minimum absolute atomic E-state index is 0.974. The highest BCUT2D eigenvalue weighted by Crippen LogP contribution is 1.96. The predicted molar refractivity (Wildman–Crippen MR) is 69.2 cm³/mol. The van der Waals surface area contributed by atoms with Crippen molar-refractivity contribution in [2.75, 3.05) is 0 Å². The van der Waals surface area contributed by atoms with Crippen molar-refractivity contribution in [1.82, 2.24) is 0 Å². The highest BCUT2D eigenvalue weighted by Gasteiger charge is 1.84. The fourth-order valence-corrected chi connectivity index (χ4v) is 1.27. The van der Waals surface area contributed by atoms with E-state index in [0.29, 0.717) is 0 Å². The number of nitrogens with zero attached hydrogens (tertiary/aromatic N) is 2.